The lowest BCUT2D eigenvalue weighted by Gasteiger charge is -2.35. The van der Waals surface area contributed by atoms with Crippen LogP contribution in [0.3, 0.4) is 0 Å². The first kappa shape index (κ1) is 14.1. The molecule has 3 heteroatoms. The fourth-order valence-electron chi connectivity index (χ4n) is 3.30. The first-order valence-corrected chi connectivity index (χ1v) is 8.11. The van der Waals surface area contributed by atoms with Gasteiger partial charge in [-0.25, -0.2) is 0 Å². The molecule has 0 radical (unpaired) electrons. The lowest BCUT2D eigenvalue weighted by Crippen LogP contribution is -2.47. The zero-order chi connectivity index (χ0) is 13.6. The summed E-state index contributed by atoms with van der Waals surface area (Å²) in [6.45, 7) is 11.2. The van der Waals surface area contributed by atoms with Gasteiger partial charge in [0.25, 0.3) is 0 Å². The molecule has 0 N–H and O–H groups in total. The molecular weight excluding hydrogens is 246 g/mol. The van der Waals surface area contributed by atoms with Crippen molar-refractivity contribution < 1.29 is 0 Å². The van der Waals surface area contributed by atoms with Crippen molar-refractivity contribution in [1.29, 1.82) is 0 Å². The summed E-state index contributed by atoms with van der Waals surface area (Å²) in [4.78, 5) is 7.85. The third-order valence-corrected chi connectivity index (χ3v) is 4.65. The molecule has 2 fully saturated rings. The molecule has 0 aliphatic carbocycles. The molecule has 3 rings (SSSR count). The van der Waals surface area contributed by atoms with E-state index in [9.17, 15) is 0 Å². The topological polar surface area (TPSA) is 9.72 Å². The molecule has 0 aromatic heterocycles. The van der Waals surface area contributed by atoms with Crippen molar-refractivity contribution in [2.45, 2.75) is 19.4 Å². The van der Waals surface area contributed by atoms with Crippen LogP contribution in [-0.2, 0) is 6.54 Å². The highest BCUT2D eigenvalue weighted by Crippen LogP contribution is 2.10. The van der Waals surface area contributed by atoms with Crippen molar-refractivity contribution in [3.8, 4) is 0 Å². The van der Waals surface area contributed by atoms with E-state index in [2.05, 4.69) is 45.0 Å². The van der Waals surface area contributed by atoms with E-state index in [-0.39, 0.29) is 0 Å². The quantitative estimate of drug-likeness (QED) is 0.811. The van der Waals surface area contributed by atoms with Gasteiger partial charge in [-0.15, -0.1) is 0 Å². The molecule has 0 bridgehead atoms. The number of hydrogen-bond donors (Lipinski definition) is 0. The average Bonchev–Trinajstić information content (AvgIpc) is 3.01. The third-order valence-electron chi connectivity index (χ3n) is 4.65. The van der Waals surface area contributed by atoms with Gasteiger partial charge in [0.05, 0.1) is 0 Å². The van der Waals surface area contributed by atoms with Crippen molar-refractivity contribution in [3.05, 3.63) is 35.9 Å². The minimum absolute atomic E-state index is 1.11. The van der Waals surface area contributed by atoms with Gasteiger partial charge in [-0.1, -0.05) is 30.3 Å². The Hall–Kier alpha value is -0.900. The van der Waals surface area contributed by atoms with E-state index < -0.39 is 0 Å². The van der Waals surface area contributed by atoms with Gasteiger partial charge in [0.1, 0.15) is 0 Å². The molecule has 2 heterocycles. The lowest BCUT2D eigenvalue weighted by molar-refractivity contribution is 0.117. The van der Waals surface area contributed by atoms with Crippen LogP contribution in [-0.4, -0.2) is 67.1 Å². The molecule has 2 aliphatic rings. The highest BCUT2D eigenvalue weighted by molar-refractivity contribution is 5.14. The van der Waals surface area contributed by atoms with E-state index in [1.165, 1.54) is 70.8 Å². The van der Waals surface area contributed by atoms with Gasteiger partial charge in [-0.2, -0.15) is 0 Å². The van der Waals surface area contributed by atoms with Crippen molar-refractivity contribution in [2.24, 2.45) is 0 Å². The molecule has 2 saturated heterocycles. The zero-order valence-electron chi connectivity index (χ0n) is 12.5. The maximum Gasteiger partial charge on any atom is 0.0234 e. The summed E-state index contributed by atoms with van der Waals surface area (Å²) in [5, 5.41) is 0. The number of likely N-dealkylation sites (tertiary alicyclic amines) is 1. The molecule has 3 nitrogen and oxygen atoms in total. The SMILES string of the molecule is c1ccc(CN2CCN(CCN3CCCC3)CC2)cc1. The fourth-order valence-corrected chi connectivity index (χ4v) is 3.30. The Bertz CT molecular complexity index is 378. The van der Waals surface area contributed by atoms with E-state index in [0.29, 0.717) is 0 Å². The Balaban J connectivity index is 1.36. The van der Waals surface area contributed by atoms with Gasteiger partial charge in [-0.05, 0) is 31.5 Å². The molecule has 1 aromatic rings. The average molecular weight is 273 g/mol. The van der Waals surface area contributed by atoms with Crippen molar-refractivity contribution >= 4 is 0 Å². The van der Waals surface area contributed by atoms with Crippen LogP contribution >= 0.6 is 0 Å². The third kappa shape index (κ3) is 4.05. The van der Waals surface area contributed by atoms with E-state index in [4.69, 9.17) is 0 Å². The van der Waals surface area contributed by atoms with Crippen molar-refractivity contribution in [3.63, 3.8) is 0 Å². The highest BCUT2D eigenvalue weighted by Gasteiger charge is 2.18. The summed E-state index contributed by atoms with van der Waals surface area (Å²) in [6, 6.07) is 10.8. The van der Waals surface area contributed by atoms with Gasteiger partial charge >= 0.3 is 0 Å². The molecule has 0 amide bonds. The molecule has 0 atom stereocenters. The van der Waals surface area contributed by atoms with E-state index in [0.717, 1.165) is 6.54 Å². The molecule has 2 aliphatic heterocycles. The predicted octanol–water partition coefficient (Wildman–Crippen LogP) is 1.90. The maximum atomic E-state index is 2.64. The molecule has 0 saturated carbocycles. The van der Waals surface area contributed by atoms with E-state index in [1.807, 2.05) is 0 Å². The van der Waals surface area contributed by atoms with Crippen LogP contribution in [0.25, 0.3) is 0 Å². The zero-order valence-corrected chi connectivity index (χ0v) is 12.5. The first-order valence-electron chi connectivity index (χ1n) is 8.11. The minimum atomic E-state index is 1.11. The number of hydrogen-bond acceptors (Lipinski definition) is 3. The smallest absolute Gasteiger partial charge is 0.0234 e. The van der Waals surface area contributed by atoms with Crippen LogP contribution in [0.4, 0.5) is 0 Å². The van der Waals surface area contributed by atoms with E-state index in [1.54, 1.807) is 0 Å². The molecule has 20 heavy (non-hydrogen) atoms. The van der Waals surface area contributed by atoms with Crippen LogP contribution in [0, 0.1) is 0 Å². The van der Waals surface area contributed by atoms with Gasteiger partial charge in [0.2, 0.25) is 0 Å². The van der Waals surface area contributed by atoms with Gasteiger partial charge in [0, 0.05) is 45.8 Å². The number of rotatable bonds is 5. The van der Waals surface area contributed by atoms with Gasteiger partial charge < -0.3 is 4.90 Å². The Labute approximate surface area is 123 Å². The number of piperazine rings is 1. The molecule has 0 spiro atoms. The monoisotopic (exact) mass is 273 g/mol. The minimum Gasteiger partial charge on any atom is -0.302 e. The Morgan fingerprint density at radius 2 is 1.20 bits per heavy atom. The second-order valence-electron chi connectivity index (χ2n) is 6.15. The van der Waals surface area contributed by atoms with E-state index >= 15 is 0 Å². The highest BCUT2D eigenvalue weighted by atomic mass is 15.3. The predicted molar refractivity (Wildman–Crippen MR) is 83.8 cm³/mol. The molecular formula is C17H27N3. The molecule has 110 valence electrons. The second kappa shape index (κ2) is 7.21. The Morgan fingerprint density at radius 1 is 0.650 bits per heavy atom. The fraction of sp³-hybridized carbons (Fsp3) is 0.647. The Morgan fingerprint density at radius 3 is 1.85 bits per heavy atom. The summed E-state index contributed by atoms with van der Waals surface area (Å²) in [6.07, 6.45) is 2.82. The van der Waals surface area contributed by atoms with Crippen LogP contribution in [0.1, 0.15) is 18.4 Å². The normalized spacial score (nSPS) is 22.4. The van der Waals surface area contributed by atoms with Gasteiger partial charge in [-0.3, -0.25) is 9.80 Å². The number of nitrogens with zero attached hydrogens (tertiary/aromatic N) is 3. The number of benzene rings is 1. The van der Waals surface area contributed by atoms with Crippen LogP contribution in [0.5, 0.6) is 0 Å². The first-order chi connectivity index (χ1) is 9.90. The van der Waals surface area contributed by atoms with Crippen LogP contribution in [0.15, 0.2) is 30.3 Å². The summed E-state index contributed by atoms with van der Waals surface area (Å²) in [7, 11) is 0. The Kier molecular flexibility index (Phi) is 5.06. The second-order valence-corrected chi connectivity index (χ2v) is 6.15. The lowest BCUT2D eigenvalue weighted by atomic mass is 10.2. The largest absolute Gasteiger partial charge is 0.302 e. The molecule has 0 unspecified atom stereocenters. The van der Waals surface area contributed by atoms with Crippen LogP contribution in [0.2, 0.25) is 0 Å². The standard InChI is InChI=1S/C17H27N3/c1-2-6-17(7-3-1)16-20-14-12-19(13-15-20)11-10-18-8-4-5-9-18/h1-3,6-7H,4-5,8-16H2. The maximum absolute atomic E-state index is 2.64. The van der Waals surface area contributed by atoms with Gasteiger partial charge in [0.15, 0.2) is 0 Å². The van der Waals surface area contributed by atoms with Crippen molar-refractivity contribution in [2.75, 3.05) is 52.4 Å². The summed E-state index contributed by atoms with van der Waals surface area (Å²) < 4.78 is 0. The van der Waals surface area contributed by atoms with Crippen LogP contribution < -0.4 is 0 Å². The van der Waals surface area contributed by atoms with Crippen molar-refractivity contribution in [1.82, 2.24) is 14.7 Å². The summed E-state index contributed by atoms with van der Waals surface area (Å²) >= 11 is 0. The molecule has 1 aromatic carbocycles. The summed E-state index contributed by atoms with van der Waals surface area (Å²) in [5.74, 6) is 0. The summed E-state index contributed by atoms with van der Waals surface area (Å²) in [5.41, 5.74) is 1.44.